The van der Waals surface area contributed by atoms with Crippen LogP contribution in [0.1, 0.15) is 63.7 Å². The summed E-state index contributed by atoms with van der Waals surface area (Å²) in [7, 11) is 1.59. The van der Waals surface area contributed by atoms with Crippen molar-refractivity contribution >= 4 is 11.8 Å². The quantitative estimate of drug-likeness (QED) is 0.573. The molecule has 160 valence electrons. The standard InChI is InChI=1S/C23H34N2O4/c1-13-17(25-21(29)24-5)12-18-22(2,3)7-6-8-23(18,4)19(13)20(28)14-9-15(26)11-16(27)10-14/h9-11,13,17-19,26-27H,6-8,12H2,1-5H3,(H2,24,25,29)/t13-,17+,18-,19+,23-/m0/s1. The third kappa shape index (κ3) is 3.81. The van der Waals surface area contributed by atoms with E-state index in [4.69, 9.17) is 0 Å². The second-order valence-electron chi connectivity index (χ2n) is 9.91. The topological polar surface area (TPSA) is 98.7 Å². The molecule has 0 radical (unpaired) electrons. The molecule has 0 unspecified atom stereocenters. The van der Waals surface area contributed by atoms with Crippen molar-refractivity contribution in [1.29, 1.82) is 0 Å². The molecule has 0 aliphatic heterocycles. The molecular weight excluding hydrogens is 368 g/mol. The van der Waals surface area contributed by atoms with Crippen molar-refractivity contribution in [3.63, 3.8) is 0 Å². The van der Waals surface area contributed by atoms with Crippen molar-refractivity contribution in [3.05, 3.63) is 23.8 Å². The molecule has 1 aromatic rings. The van der Waals surface area contributed by atoms with Crippen LogP contribution >= 0.6 is 0 Å². The van der Waals surface area contributed by atoms with Gasteiger partial charge in [0.1, 0.15) is 11.5 Å². The van der Waals surface area contributed by atoms with E-state index in [1.54, 1.807) is 7.05 Å². The highest BCUT2D eigenvalue weighted by Gasteiger charge is 2.58. The highest BCUT2D eigenvalue weighted by atomic mass is 16.3. The Hall–Kier alpha value is -2.24. The van der Waals surface area contributed by atoms with Gasteiger partial charge in [-0.1, -0.05) is 34.1 Å². The van der Waals surface area contributed by atoms with Crippen LogP contribution in [0.2, 0.25) is 0 Å². The zero-order valence-electron chi connectivity index (χ0n) is 18.1. The molecule has 2 aliphatic rings. The summed E-state index contributed by atoms with van der Waals surface area (Å²) in [6, 6.07) is 3.73. The molecule has 6 nitrogen and oxygen atoms in total. The summed E-state index contributed by atoms with van der Waals surface area (Å²) in [4.78, 5) is 25.8. The van der Waals surface area contributed by atoms with E-state index >= 15 is 0 Å². The Morgan fingerprint density at radius 1 is 1.07 bits per heavy atom. The maximum atomic E-state index is 13.7. The summed E-state index contributed by atoms with van der Waals surface area (Å²) in [6.45, 7) is 8.79. The first-order valence-corrected chi connectivity index (χ1v) is 10.5. The van der Waals surface area contributed by atoms with Crippen LogP contribution < -0.4 is 10.6 Å². The van der Waals surface area contributed by atoms with E-state index in [1.807, 2.05) is 6.92 Å². The normalized spacial score (nSPS) is 33.4. The number of hydrogen-bond donors (Lipinski definition) is 4. The minimum atomic E-state index is -0.316. The lowest BCUT2D eigenvalue weighted by molar-refractivity contribution is -0.0898. The molecule has 0 saturated heterocycles. The lowest BCUT2D eigenvalue weighted by atomic mass is 9.45. The molecule has 0 aromatic heterocycles. The molecule has 6 heteroatoms. The number of fused-ring (bicyclic) bond motifs is 1. The molecule has 29 heavy (non-hydrogen) atoms. The number of amides is 2. The van der Waals surface area contributed by atoms with Gasteiger partial charge < -0.3 is 20.8 Å². The van der Waals surface area contributed by atoms with Crippen molar-refractivity contribution in [2.75, 3.05) is 7.05 Å². The zero-order chi connectivity index (χ0) is 21.6. The third-order valence-corrected chi connectivity index (χ3v) is 7.65. The average Bonchev–Trinajstić information content (AvgIpc) is 2.61. The zero-order valence-corrected chi connectivity index (χ0v) is 18.1. The summed E-state index contributed by atoms with van der Waals surface area (Å²) >= 11 is 0. The van der Waals surface area contributed by atoms with Crippen LogP contribution in [0.25, 0.3) is 0 Å². The van der Waals surface area contributed by atoms with Gasteiger partial charge in [-0.15, -0.1) is 0 Å². The van der Waals surface area contributed by atoms with Crippen molar-refractivity contribution < 1.29 is 19.8 Å². The Kier molecular flexibility index (Phi) is 5.58. The van der Waals surface area contributed by atoms with Gasteiger partial charge in [0.15, 0.2) is 5.78 Å². The van der Waals surface area contributed by atoms with E-state index in [0.29, 0.717) is 5.56 Å². The molecule has 0 heterocycles. The summed E-state index contributed by atoms with van der Waals surface area (Å²) in [5.74, 6) is -0.423. The predicted molar refractivity (Wildman–Crippen MR) is 112 cm³/mol. The molecule has 4 N–H and O–H groups in total. The SMILES string of the molecule is CNC(=O)N[C@@H]1C[C@H]2C(C)(C)CCC[C@]2(C)[C@@H](C(=O)c2cc(O)cc(O)c2)[C@H]1C. The third-order valence-electron chi connectivity index (χ3n) is 7.65. The van der Waals surface area contributed by atoms with E-state index < -0.39 is 0 Å². The minimum Gasteiger partial charge on any atom is -0.508 e. The van der Waals surface area contributed by atoms with Gasteiger partial charge >= 0.3 is 6.03 Å². The van der Waals surface area contributed by atoms with Crippen LogP contribution in [0.5, 0.6) is 11.5 Å². The minimum absolute atomic E-state index is 0.0647. The molecular formula is C23H34N2O4. The number of benzene rings is 1. The van der Waals surface area contributed by atoms with Gasteiger partial charge in [0.05, 0.1) is 0 Å². The first kappa shape index (κ1) is 21.5. The molecule has 2 aliphatic carbocycles. The molecule has 1 aromatic carbocycles. The first-order valence-electron chi connectivity index (χ1n) is 10.5. The van der Waals surface area contributed by atoms with E-state index in [9.17, 15) is 19.8 Å². The van der Waals surface area contributed by atoms with E-state index in [2.05, 4.69) is 31.4 Å². The Morgan fingerprint density at radius 2 is 1.69 bits per heavy atom. The fourth-order valence-corrected chi connectivity index (χ4v) is 6.31. The maximum Gasteiger partial charge on any atom is 0.314 e. The number of rotatable bonds is 3. The second-order valence-corrected chi connectivity index (χ2v) is 9.91. The monoisotopic (exact) mass is 402 g/mol. The van der Waals surface area contributed by atoms with E-state index in [1.165, 1.54) is 18.2 Å². The number of carbonyl (C=O) groups excluding carboxylic acids is 2. The predicted octanol–water partition coefficient (Wildman–Crippen LogP) is 4.07. The number of nitrogens with one attached hydrogen (secondary N) is 2. The maximum absolute atomic E-state index is 13.7. The molecule has 2 amide bonds. The lowest BCUT2D eigenvalue weighted by Gasteiger charge is -2.60. The fraction of sp³-hybridized carbons (Fsp3) is 0.652. The van der Waals surface area contributed by atoms with E-state index in [-0.39, 0.29) is 57.9 Å². The smallest absolute Gasteiger partial charge is 0.314 e. The van der Waals surface area contributed by atoms with Crippen LogP contribution in [-0.4, -0.2) is 35.1 Å². The van der Waals surface area contributed by atoms with Crippen molar-refractivity contribution in [1.82, 2.24) is 10.6 Å². The van der Waals surface area contributed by atoms with Crippen LogP contribution in [0.3, 0.4) is 0 Å². The van der Waals surface area contributed by atoms with Crippen molar-refractivity contribution in [2.24, 2.45) is 28.6 Å². The number of hydrogen-bond acceptors (Lipinski definition) is 4. The highest BCUT2D eigenvalue weighted by Crippen LogP contribution is 2.61. The number of phenolic OH excluding ortho intramolecular Hbond substituents is 2. The number of Topliss-reactive ketones (excluding diaryl/α,β-unsaturated/α-hetero) is 1. The number of aromatic hydroxyl groups is 2. The number of ketones is 1. The lowest BCUT2D eigenvalue weighted by Crippen LogP contribution is -2.61. The fourth-order valence-electron chi connectivity index (χ4n) is 6.31. The van der Waals surface area contributed by atoms with Crippen LogP contribution in [0.15, 0.2) is 18.2 Å². The molecule has 2 fully saturated rings. The van der Waals surface area contributed by atoms with Gasteiger partial charge in [-0.05, 0) is 54.1 Å². The van der Waals surface area contributed by atoms with Gasteiger partial charge in [0.2, 0.25) is 0 Å². The molecule has 5 atom stereocenters. The molecule has 0 bridgehead atoms. The highest BCUT2D eigenvalue weighted by molar-refractivity contribution is 5.99. The number of carbonyl (C=O) groups is 2. The van der Waals surface area contributed by atoms with Crippen LogP contribution in [-0.2, 0) is 0 Å². The Labute approximate surface area is 173 Å². The first-order chi connectivity index (χ1) is 13.5. The molecule has 2 saturated carbocycles. The number of urea groups is 1. The van der Waals surface area contributed by atoms with Gasteiger partial charge in [-0.3, -0.25) is 4.79 Å². The van der Waals surface area contributed by atoms with Gasteiger partial charge in [-0.2, -0.15) is 0 Å². The Balaban J connectivity index is 2.06. The van der Waals surface area contributed by atoms with Gasteiger partial charge in [0, 0.05) is 30.6 Å². The average molecular weight is 403 g/mol. The van der Waals surface area contributed by atoms with Gasteiger partial charge in [-0.25, -0.2) is 4.79 Å². The Morgan fingerprint density at radius 3 is 2.28 bits per heavy atom. The van der Waals surface area contributed by atoms with Gasteiger partial charge in [0.25, 0.3) is 0 Å². The summed E-state index contributed by atoms with van der Waals surface area (Å²) < 4.78 is 0. The van der Waals surface area contributed by atoms with Crippen LogP contribution in [0, 0.1) is 28.6 Å². The van der Waals surface area contributed by atoms with E-state index in [0.717, 1.165) is 25.7 Å². The Bertz CT molecular complexity index is 786. The molecule has 0 spiro atoms. The molecule has 3 rings (SSSR count). The summed E-state index contributed by atoms with van der Waals surface area (Å²) in [5.41, 5.74) is 0.179. The number of phenols is 2. The summed E-state index contributed by atoms with van der Waals surface area (Å²) in [5, 5.41) is 25.5. The second kappa shape index (κ2) is 7.54. The van der Waals surface area contributed by atoms with Crippen molar-refractivity contribution in [3.8, 4) is 11.5 Å². The van der Waals surface area contributed by atoms with Crippen molar-refractivity contribution in [2.45, 2.75) is 59.4 Å². The van der Waals surface area contributed by atoms with Crippen LogP contribution in [0.4, 0.5) is 4.79 Å². The summed E-state index contributed by atoms with van der Waals surface area (Å²) in [6.07, 6.45) is 3.96. The largest absolute Gasteiger partial charge is 0.508 e.